The summed E-state index contributed by atoms with van der Waals surface area (Å²) in [5.74, 6) is 0.191. The second kappa shape index (κ2) is 9.13. The molecular formula is C19H17ClF3N5O3. The smallest absolute Gasteiger partial charge is 0.416 e. The molecule has 0 bridgehead atoms. The highest BCUT2D eigenvalue weighted by Gasteiger charge is 2.31. The highest BCUT2D eigenvalue weighted by atomic mass is 35.5. The molecule has 1 aromatic heterocycles. The standard InChI is InChI=1S/C19H17ClF3N5O3/c1-30-16-6-12(20)13(7-17(16)31-2)25-8-18(29)27-14-5-11(19(21,22)23)3-4-15(14)28-10-24-9-26-28/h3-7,9-10,25H,8H2,1-2H3,(H,27,29). The third-order valence-electron chi connectivity index (χ3n) is 4.18. The van der Waals surface area contributed by atoms with E-state index in [1.54, 1.807) is 6.07 Å². The first-order chi connectivity index (χ1) is 14.7. The second-order valence-electron chi connectivity index (χ2n) is 6.16. The molecule has 164 valence electrons. The van der Waals surface area contributed by atoms with Crippen LogP contribution in [-0.2, 0) is 11.0 Å². The van der Waals surface area contributed by atoms with Crippen molar-refractivity contribution in [3.63, 3.8) is 0 Å². The molecule has 0 aliphatic rings. The number of carbonyl (C=O) groups is 1. The third-order valence-corrected chi connectivity index (χ3v) is 4.49. The van der Waals surface area contributed by atoms with Gasteiger partial charge in [0.25, 0.3) is 0 Å². The van der Waals surface area contributed by atoms with Gasteiger partial charge in [-0.2, -0.15) is 18.3 Å². The minimum atomic E-state index is -4.58. The number of anilines is 2. The molecule has 0 unspecified atom stereocenters. The van der Waals surface area contributed by atoms with Gasteiger partial charge in [0.2, 0.25) is 5.91 Å². The number of nitrogens with one attached hydrogen (secondary N) is 2. The molecule has 2 N–H and O–H groups in total. The Hall–Kier alpha value is -3.47. The van der Waals surface area contributed by atoms with Crippen molar-refractivity contribution in [3.8, 4) is 17.2 Å². The number of amides is 1. The molecule has 0 fully saturated rings. The average Bonchev–Trinajstić information content (AvgIpc) is 3.26. The highest BCUT2D eigenvalue weighted by molar-refractivity contribution is 6.33. The van der Waals surface area contributed by atoms with Crippen LogP contribution in [0.1, 0.15) is 5.56 Å². The van der Waals surface area contributed by atoms with Crippen LogP contribution in [-0.4, -0.2) is 41.4 Å². The second-order valence-corrected chi connectivity index (χ2v) is 6.57. The summed E-state index contributed by atoms with van der Waals surface area (Å²) >= 11 is 6.17. The van der Waals surface area contributed by atoms with Gasteiger partial charge in [0.05, 0.1) is 48.4 Å². The number of hydrogen-bond donors (Lipinski definition) is 2. The molecule has 0 saturated carbocycles. The molecular weight excluding hydrogens is 439 g/mol. The van der Waals surface area contributed by atoms with E-state index in [1.807, 2.05) is 0 Å². The average molecular weight is 456 g/mol. The van der Waals surface area contributed by atoms with E-state index in [9.17, 15) is 18.0 Å². The molecule has 2 aromatic carbocycles. The SMILES string of the molecule is COc1cc(Cl)c(NCC(=O)Nc2cc(C(F)(F)F)ccc2-n2cncn2)cc1OC. The lowest BCUT2D eigenvalue weighted by Gasteiger charge is -2.16. The normalized spacial score (nSPS) is 11.2. The van der Waals surface area contributed by atoms with Crippen LogP contribution in [0.5, 0.6) is 11.5 Å². The van der Waals surface area contributed by atoms with E-state index in [2.05, 4.69) is 20.7 Å². The number of benzene rings is 2. The van der Waals surface area contributed by atoms with Crippen molar-refractivity contribution in [1.29, 1.82) is 0 Å². The van der Waals surface area contributed by atoms with Crippen molar-refractivity contribution in [2.75, 3.05) is 31.4 Å². The topological polar surface area (TPSA) is 90.3 Å². The summed E-state index contributed by atoms with van der Waals surface area (Å²) in [5, 5.41) is 9.46. The van der Waals surface area contributed by atoms with Gasteiger partial charge in [-0.05, 0) is 18.2 Å². The molecule has 0 saturated heterocycles. The number of hydrogen-bond acceptors (Lipinski definition) is 6. The molecule has 1 amide bonds. The number of rotatable bonds is 7. The molecule has 1 heterocycles. The van der Waals surface area contributed by atoms with Crippen molar-refractivity contribution in [1.82, 2.24) is 14.8 Å². The van der Waals surface area contributed by atoms with E-state index in [0.717, 1.165) is 12.1 Å². The van der Waals surface area contributed by atoms with E-state index < -0.39 is 17.6 Å². The summed E-state index contributed by atoms with van der Waals surface area (Å²) < 4.78 is 51.0. The van der Waals surface area contributed by atoms with E-state index >= 15 is 0 Å². The van der Waals surface area contributed by atoms with Gasteiger partial charge in [-0.15, -0.1) is 0 Å². The predicted molar refractivity (Wildman–Crippen MR) is 108 cm³/mol. The Balaban J connectivity index is 1.80. The molecule has 0 aliphatic heterocycles. The maximum Gasteiger partial charge on any atom is 0.416 e. The molecule has 0 aliphatic carbocycles. The Morgan fingerprint density at radius 3 is 2.45 bits per heavy atom. The van der Waals surface area contributed by atoms with Crippen molar-refractivity contribution >= 4 is 28.9 Å². The van der Waals surface area contributed by atoms with E-state index in [-0.39, 0.29) is 22.9 Å². The van der Waals surface area contributed by atoms with Crippen LogP contribution in [0.25, 0.3) is 5.69 Å². The van der Waals surface area contributed by atoms with Gasteiger partial charge in [0.1, 0.15) is 12.7 Å². The minimum Gasteiger partial charge on any atom is -0.493 e. The molecule has 0 spiro atoms. The van der Waals surface area contributed by atoms with Crippen molar-refractivity contribution in [2.24, 2.45) is 0 Å². The quantitative estimate of drug-likeness (QED) is 0.559. The lowest BCUT2D eigenvalue weighted by atomic mass is 10.1. The van der Waals surface area contributed by atoms with Crippen LogP contribution >= 0.6 is 11.6 Å². The zero-order valence-corrected chi connectivity index (χ0v) is 17.1. The molecule has 0 radical (unpaired) electrons. The number of nitrogens with zero attached hydrogens (tertiary/aromatic N) is 3. The Morgan fingerprint density at radius 1 is 1.13 bits per heavy atom. The van der Waals surface area contributed by atoms with E-state index in [0.29, 0.717) is 17.2 Å². The molecule has 0 atom stereocenters. The fourth-order valence-electron chi connectivity index (χ4n) is 2.70. The molecule has 3 rings (SSSR count). The molecule has 8 nitrogen and oxygen atoms in total. The van der Waals surface area contributed by atoms with Gasteiger partial charge in [-0.1, -0.05) is 11.6 Å². The third kappa shape index (κ3) is 5.18. The highest BCUT2D eigenvalue weighted by Crippen LogP contribution is 2.36. The number of carbonyl (C=O) groups excluding carboxylic acids is 1. The molecule has 3 aromatic rings. The van der Waals surface area contributed by atoms with Crippen LogP contribution in [0.4, 0.5) is 24.5 Å². The minimum absolute atomic E-state index is 0.0782. The number of methoxy groups -OCH3 is 2. The summed E-state index contributed by atoms with van der Waals surface area (Å²) in [6.07, 6.45) is -2.05. The van der Waals surface area contributed by atoms with Crippen molar-refractivity contribution < 1.29 is 27.4 Å². The maximum absolute atomic E-state index is 13.1. The maximum atomic E-state index is 13.1. The zero-order valence-electron chi connectivity index (χ0n) is 16.3. The Bertz CT molecular complexity index is 1070. The van der Waals surface area contributed by atoms with Crippen LogP contribution in [0.2, 0.25) is 5.02 Å². The van der Waals surface area contributed by atoms with Crippen LogP contribution in [0, 0.1) is 0 Å². The summed E-state index contributed by atoms with van der Waals surface area (Å²) in [5.41, 5.74) is -0.383. The van der Waals surface area contributed by atoms with Gasteiger partial charge in [-0.3, -0.25) is 4.79 Å². The van der Waals surface area contributed by atoms with E-state index in [4.69, 9.17) is 21.1 Å². The summed E-state index contributed by atoms with van der Waals surface area (Å²) in [4.78, 5) is 16.2. The monoisotopic (exact) mass is 455 g/mol. The number of aromatic nitrogens is 3. The van der Waals surface area contributed by atoms with Gasteiger partial charge >= 0.3 is 6.18 Å². The molecule has 12 heteroatoms. The van der Waals surface area contributed by atoms with E-state index in [1.165, 1.54) is 43.7 Å². The van der Waals surface area contributed by atoms with Crippen molar-refractivity contribution in [2.45, 2.75) is 6.18 Å². The van der Waals surface area contributed by atoms with Crippen molar-refractivity contribution in [3.05, 3.63) is 53.6 Å². The molecule has 31 heavy (non-hydrogen) atoms. The Morgan fingerprint density at radius 2 is 1.84 bits per heavy atom. The number of alkyl halides is 3. The fraction of sp³-hybridized carbons (Fsp3) is 0.211. The summed E-state index contributed by atoms with van der Waals surface area (Å²) in [6.45, 7) is -0.276. The van der Waals surface area contributed by atoms with Gasteiger partial charge in [-0.25, -0.2) is 9.67 Å². The van der Waals surface area contributed by atoms with Crippen LogP contribution < -0.4 is 20.1 Å². The van der Waals surface area contributed by atoms with Crippen LogP contribution in [0.3, 0.4) is 0 Å². The number of halogens is 4. The first kappa shape index (κ1) is 22.2. The first-order valence-electron chi connectivity index (χ1n) is 8.74. The summed E-state index contributed by atoms with van der Waals surface area (Å²) in [7, 11) is 2.90. The lowest BCUT2D eigenvalue weighted by molar-refractivity contribution is -0.137. The fourth-order valence-corrected chi connectivity index (χ4v) is 2.92. The van der Waals surface area contributed by atoms with Gasteiger partial charge in [0.15, 0.2) is 11.5 Å². The van der Waals surface area contributed by atoms with Crippen LogP contribution in [0.15, 0.2) is 43.0 Å². The largest absolute Gasteiger partial charge is 0.493 e. The zero-order chi connectivity index (χ0) is 22.6. The van der Waals surface area contributed by atoms with Gasteiger partial charge in [0, 0.05) is 12.1 Å². The lowest BCUT2D eigenvalue weighted by Crippen LogP contribution is -2.23. The Labute approximate surface area is 179 Å². The number of ether oxygens (including phenoxy) is 2. The first-order valence-corrected chi connectivity index (χ1v) is 9.12. The Kier molecular flexibility index (Phi) is 6.54. The predicted octanol–water partition coefficient (Wildman–Crippen LogP) is 4.01. The summed E-state index contributed by atoms with van der Waals surface area (Å²) in [6, 6.07) is 5.98. The van der Waals surface area contributed by atoms with Gasteiger partial charge < -0.3 is 20.1 Å².